The van der Waals surface area contributed by atoms with Crippen LogP contribution in [0.4, 0.5) is 8.78 Å². The summed E-state index contributed by atoms with van der Waals surface area (Å²) in [6.45, 7) is 2.30. The Labute approximate surface area is 155 Å². The summed E-state index contributed by atoms with van der Waals surface area (Å²) in [6, 6.07) is 3.51. The maximum atomic E-state index is 13.6. The van der Waals surface area contributed by atoms with Crippen LogP contribution in [0.2, 0.25) is 0 Å². The average molecular weight is 367 g/mol. The summed E-state index contributed by atoms with van der Waals surface area (Å²) in [5, 5.41) is 6.96. The molecule has 3 aromatic rings. The summed E-state index contributed by atoms with van der Waals surface area (Å²) in [6.07, 6.45) is 6.98. The lowest BCUT2D eigenvalue weighted by Gasteiger charge is -2.28. The second-order valence-electron chi connectivity index (χ2n) is 7.36. The van der Waals surface area contributed by atoms with Crippen molar-refractivity contribution in [3.8, 4) is 11.3 Å². The van der Waals surface area contributed by atoms with Gasteiger partial charge in [-0.25, -0.2) is 18.7 Å². The van der Waals surface area contributed by atoms with Gasteiger partial charge in [0.2, 0.25) is 0 Å². The van der Waals surface area contributed by atoms with Gasteiger partial charge in [-0.05, 0) is 25.0 Å². The lowest BCUT2D eigenvalue weighted by atomic mass is 10.0. The standard InChI is InChI=1S/C20H19F2N5/c21-16-5-13(6-17(22)7-16)19-15(9-24-26-19)11-27-4-3-18-14(10-27)8-23-20(25-18)12-1-2-12/h5-9,12H,1-4,10-11H2,(H,24,26). The van der Waals surface area contributed by atoms with Crippen molar-refractivity contribution < 1.29 is 8.78 Å². The third-order valence-electron chi connectivity index (χ3n) is 5.24. The molecule has 1 aliphatic carbocycles. The summed E-state index contributed by atoms with van der Waals surface area (Å²) in [5.74, 6) is 0.364. The van der Waals surface area contributed by atoms with Crippen molar-refractivity contribution in [2.45, 2.75) is 38.3 Å². The number of hydrogen-bond donors (Lipinski definition) is 1. The molecule has 5 nitrogen and oxygen atoms in total. The van der Waals surface area contributed by atoms with Crippen LogP contribution in [-0.4, -0.2) is 31.6 Å². The van der Waals surface area contributed by atoms with E-state index in [2.05, 4.69) is 20.1 Å². The van der Waals surface area contributed by atoms with Gasteiger partial charge in [0, 0.05) is 66.6 Å². The second-order valence-corrected chi connectivity index (χ2v) is 7.36. The van der Waals surface area contributed by atoms with Crippen molar-refractivity contribution in [3.63, 3.8) is 0 Å². The van der Waals surface area contributed by atoms with Gasteiger partial charge in [-0.1, -0.05) is 0 Å². The van der Waals surface area contributed by atoms with Gasteiger partial charge in [0.25, 0.3) is 0 Å². The van der Waals surface area contributed by atoms with Gasteiger partial charge in [-0.2, -0.15) is 5.10 Å². The molecular formula is C20H19F2N5. The van der Waals surface area contributed by atoms with Crippen molar-refractivity contribution in [2.75, 3.05) is 6.54 Å². The zero-order valence-electron chi connectivity index (χ0n) is 14.8. The maximum Gasteiger partial charge on any atom is 0.131 e. The van der Waals surface area contributed by atoms with E-state index in [0.29, 0.717) is 23.7 Å². The van der Waals surface area contributed by atoms with Crippen molar-refractivity contribution in [2.24, 2.45) is 0 Å². The normalized spacial score (nSPS) is 17.1. The van der Waals surface area contributed by atoms with Crippen LogP contribution in [0.25, 0.3) is 11.3 Å². The minimum absolute atomic E-state index is 0.467. The first-order valence-corrected chi connectivity index (χ1v) is 9.21. The molecular weight excluding hydrogens is 348 g/mol. The number of fused-ring (bicyclic) bond motifs is 1. The molecule has 0 unspecified atom stereocenters. The highest BCUT2D eigenvalue weighted by Crippen LogP contribution is 2.38. The monoisotopic (exact) mass is 367 g/mol. The Balaban J connectivity index is 1.35. The first-order chi connectivity index (χ1) is 13.2. The zero-order chi connectivity index (χ0) is 18.4. The third-order valence-corrected chi connectivity index (χ3v) is 5.24. The second kappa shape index (κ2) is 6.49. The predicted molar refractivity (Wildman–Crippen MR) is 95.8 cm³/mol. The smallest absolute Gasteiger partial charge is 0.131 e. The van der Waals surface area contributed by atoms with E-state index in [-0.39, 0.29) is 0 Å². The number of rotatable bonds is 4. The molecule has 1 aliphatic heterocycles. The lowest BCUT2D eigenvalue weighted by molar-refractivity contribution is 0.243. The largest absolute Gasteiger partial charge is 0.294 e. The van der Waals surface area contributed by atoms with Gasteiger partial charge in [-0.3, -0.25) is 10.00 Å². The number of hydrogen-bond acceptors (Lipinski definition) is 4. The van der Waals surface area contributed by atoms with Crippen LogP contribution in [0.3, 0.4) is 0 Å². The van der Waals surface area contributed by atoms with Gasteiger partial charge < -0.3 is 0 Å². The Hall–Kier alpha value is -2.67. The van der Waals surface area contributed by atoms with Crippen LogP contribution in [0.5, 0.6) is 0 Å². The fourth-order valence-corrected chi connectivity index (χ4v) is 3.68. The van der Waals surface area contributed by atoms with Gasteiger partial charge in [0.05, 0.1) is 11.9 Å². The number of H-pyrrole nitrogens is 1. The molecule has 0 spiro atoms. The molecule has 0 atom stereocenters. The van der Waals surface area contributed by atoms with Crippen molar-refractivity contribution in [1.82, 2.24) is 25.1 Å². The topological polar surface area (TPSA) is 57.7 Å². The number of aromatic amines is 1. The summed E-state index contributed by atoms with van der Waals surface area (Å²) in [7, 11) is 0. The highest BCUT2D eigenvalue weighted by Gasteiger charge is 2.28. The first-order valence-electron chi connectivity index (χ1n) is 9.21. The van der Waals surface area contributed by atoms with Gasteiger partial charge in [-0.15, -0.1) is 0 Å². The Morgan fingerprint density at radius 1 is 1.11 bits per heavy atom. The molecule has 2 aliphatic rings. The highest BCUT2D eigenvalue weighted by molar-refractivity contribution is 5.62. The summed E-state index contributed by atoms with van der Waals surface area (Å²) < 4.78 is 27.1. The van der Waals surface area contributed by atoms with Crippen molar-refractivity contribution >= 4 is 0 Å². The quantitative estimate of drug-likeness (QED) is 0.766. The Morgan fingerprint density at radius 2 is 1.93 bits per heavy atom. The van der Waals surface area contributed by atoms with E-state index < -0.39 is 11.6 Å². The van der Waals surface area contributed by atoms with E-state index in [4.69, 9.17) is 4.98 Å². The molecule has 7 heteroatoms. The molecule has 1 N–H and O–H groups in total. The highest BCUT2D eigenvalue weighted by atomic mass is 19.1. The van der Waals surface area contributed by atoms with E-state index in [1.807, 2.05) is 6.20 Å². The summed E-state index contributed by atoms with van der Waals surface area (Å²) in [4.78, 5) is 11.6. The number of aromatic nitrogens is 4. The van der Waals surface area contributed by atoms with Gasteiger partial charge in [0.1, 0.15) is 17.5 Å². The molecule has 27 heavy (non-hydrogen) atoms. The zero-order valence-corrected chi connectivity index (χ0v) is 14.8. The lowest BCUT2D eigenvalue weighted by Crippen LogP contribution is -2.31. The molecule has 3 heterocycles. The number of benzene rings is 1. The number of nitrogens with one attached hydrogen (secondary N) is 1. The molecule has 0 radical (unpaired) electrons. The van der Waals surface area contributed by atoms with E-state index in [0.717, 1.165) is 48.2 Å². The molecule has 138 valence electrons. The molecule has 0 saturated heterocycles. The predicted octanol–water partition coefficient (Wildman–Crippen LogP) is 3.58. The molecule has 1 fully saturated rings. The Morgan fingerprint density at radius 3 is 2.70 bits per heavy atom. The fourth-order valence-electron chi connectivity index (χ4n) is 3.68. The Kier molecular flexibility index (Phi) is 3.97. The minimum Gasteiger partial charge on any atom is -0.294 e. The van der Waals surface area contributed by atoms with E-state index >= 15 is 0 Å². The van der Waals surface area contributed by atoms with Crippen LogP contribution in [-0.2, 0) is 19.5 Å². The van der Waals surface area contributed by atoms with E-state index in [1.54, 1.807) is 6.20 Å². The first kappa shape index (κ1) is 16.5. The minimum atomic E-state index is -0.596. The van der Waals surface area contributed by atoms with Gasteiger partial charge >= 0.3 is 0 Å². The summed E-state index contributed by atoms with van der Waals surface area (Å²) >= 11 is 0. The molecule has 0 bridgehead atoms. The van der Waals surface area contributed by atoms with Crippen LogP contribution in [0.1, 0.15) is 41.4 Å². The van der Waals surface area contributed by atoms with Crippen LogP contribution in [0, 0.1) is 11.6 Å². The summed E-state index contributed by atoms with van der Waals surface area (Å²) in [5.41, 5.74) is 4.35. The number of halogens is 2. The molecule has 5 rings (SSSR count). The Bertz CT molecular complexity index is 976. The van der Waals surface area contributed by atoms with Crippen molar-refractivity contribution in [1.29, 1.82) is 0 Å². The van der Waals surface area contributed by atoms with Crippen molar-refractivity contribution in [3.05, 3.63) is 64.9 Å². The molecule has 0 amide bonds. The molecule has 2 aromatic heterocycles. The van der Waals surface area contributed by atoms with Crippen LogP contribution in [0.15, 0.2) is 30.6 Å². The third kappa shape index (κ3) is 3.35. The van der Waals surface area contributed by atoms with Gasteiger partial charge in [0.15, 0.2) is 0 Å². The van der Waals surface area contributed by atoms with E-state index in [1.165, 1.54) is 25.0 Å². The number of nitrogens with zero attached hydrogens (tertiary/aromatic N) is 4. The molecule has 1 saturated carbocycles. The fraction of sp³-hybridized carbons (Fsp3) is 0.350. The van der Waals surface area contributed by atoms with Crippen LogP contribution >= 0.6 is 0 Å². The average Bonchev–Trinajstić information content (AvgIpc) is 3.40. The van der Waals surface area contributed by atoms with Crippen LogP contribution < -0.4 is 0 Å². The maximum absolute atomic E-state index is 13.6. The SMILES string of the molecule is Fc1cc(F)cc(-c2[nH]ncc2CN2CCc3nc(C4CC4)ncc3C2)c1. The van der Waals surface area contributed by atoms with E-state index in [9.17, 15) is 8.78 Å². The molecule has 1 aromatic carbocycles.